The standard InChI is InChI=1S/C24H18F3N3O3S/c1-14(15-5-3-2-4-6-15)29-22(31)12-34-23-17(11-28)18(24(25,26)27)10-19(30-23)16-7-8-20-21(9-16)33-13-32-20/h2-10,14H,12-13H2,1H3,(H,29,31)/t14-/m1/s1. The molecule has 0 unspecified atom stereocenters. The van der Waals surface area contributed by atoms with Crippen LogP contribution in [-0.2, 0) is 11.0 Å². The first-order valence-electron chi connectivity index (χ1n) is 10.2. The molecule has 1 aliphatic heterocycles. The Morgan fingerprint density at radius 3 is 2.62 bits per heavy atom. The van der Waals surface area contributed by atoms with Gasteiger partial charge in [0, 0.05) is 5.56 Å². The number of hydrogen-bond donors (Lipinski definition) is 1. The lowest BCUT2D eigenvalue weighted by Gasteiger charge is -2.16. The normalized spacial score (nSPS) is 13.3. The molecule has 174 valence electrons. The molecule has 3 aromatic rings. The fourth-order valence-corrected chi connectivity index (χ4v) is 4.22. The van der Waals surface area contributed by atoms with Crippen LogP contribution in [0.25, 0.3) is 11.3 Å². The van der Waals surface area contributed by atoms with E-state index in [9.17, 15) is 23.2 Å². The minimum Gasteiger partial charge on any atom is -0.454 e. The molecule has 0 saturated heterocycles. The van der Waals surface area contributed by atoms with Crippen LogP contribution in [0.15, 0.2) is 59.6 Å². The van der Waals surface area contributed by atoms with E-state index in [0.717, 1.165) is 23.4 Å². The molecule has 2 aromatic carbocycles. The predicted molar refractivity (Wildman–Crippen MR) is 119 cm³/mol. The first kappa shape index (κ1) is 23.4. The average molecular weight is 485 g/mol. The van der Waals surface area contributed by atoms with Gasteiger partial charge in [0.2, 0.25) is 12.7 Å². The lowest BCUT2D eigenvalue weighted by atomic mass is 10.0. The molecular weight excluding hydrogens is 467 g/mol. The quantitative estimate of drug-likeness (QED) is 0.475. The summed E-state index contributed by atoms with van der Waals surface area (Å²) in [5, 5.41) is 12.1. The summed E-state index contributed by atoms with van der Waals surface area (Å²) in [7, 11) is 0. The minimum atomic E-state index is -4.78. The number of fused-ring (bicyclic) bond motifs is 1. The van der Waals surface area contributed by atoms with Crippen molar-refractivity contribution in [1.29, 1.82) is 5.26 Å². The second-order valence-electron chi connectivity index (χ2n) is 7.40. The van der Waals surface area contributed by atoms with Crippen LogP contribution in [0.4, 0.5) is 13.2 Å². The molecule has 0 spiro atoms. The van der Waals surface area contributed by atoms with Crippen molar-refractivity contribution in [2.45, 2.75) is 24.2 Å². The zero-order valence-electron chi connectivity index (χ0n) is 17.8. The first-order chi connectivity index (χ1) is 16.3. The summed E-state index contributed by atoms with van der Waals surface area (Å²) in [6, 6.07) is 16.1. The molecule has 34 heavy (non-hydrogen) atoms. The van der Waals surface area contributed by atoms with Gasteiger partial charge in [-0.1, -0.05) is 42.1 Å². The number of alkyl halides is 3. The van der Waals surface area contributed by atoms with Crippen LogP contribution in [0.5, 0.6) is 11.5 Å². The summed E-state index contributed by atoms with van der Waals surface area (Å²) in [5.41, 5.74) is -0.474. The number of thioether (sulfide) groups is 1. The number of carbonyl (C=O) groups excluding carboxylic acids is 1. The molecule has 0 fully saturated rings. The number of nitriles is 1. The van der Waals surface area contributed by atoms with Crippen molar-refractivity contribution in [2.75, 3.05) is 12.5 Å². The van der Waals surface area contributed by atoms with Gasteiger partial charge < -0.3 is 14.8 Å². The Balaban J connectivity index is 1.61. The highest BCUT2D eigenvalue weighted by molar-refractivity contribution is 8.00. The Hall–Kier alpha value is -3.71. The summed E-state index contributed by atoms with van der Waals surface area (Å²) in [4.78, 5) is 16.8. The van der Waals surface area contributed by atoms with Crippen molar-refractivity contribution in [2.24, 2.45) is 0 Å². The van der Waals surface area contributed by atoms with Crippen molar-refractivity contribution in [3.63, 3.8) is 0 Å². The summed E-state index contributed by atoms with van der Waals surface area (Å²) in [6.45, 7) is 1.82. The number of rotatable bonds is 6. The zero-order valence-corrected chi connectivity index (χ0v) is 18.7. The highest BCUT2D eigenvalue weighted by Gasteiger charge is 2.36. The highest BCUT2D eigenvalue weighted by Crippen LogP contribution is 2.40. The van der Waals surface area contributed by atoms with E-state index in [1.54, 1.807) is 25.1 Å². The fourth-order valence-electron chi connectivity index (χ4n) is 3.40. The third kappa shape index (κ3) is 5.10. The van der Waals surface area contributed by atoms with Gasteiger partial charge in [-0.2, -0.15) is 18.4 Å². The Kier molecular flexibility index (Phi) is 6.65. The summed E-state index contributed by atoms with van der Waals surface area (Å²) in [6.07, 6.45) is -4.78. The van der Waals surface area contributed by atoms with Crippen molar-refractivity contribution in [1.82, 2.24) is 10.3 Å². The lowest BCUT2D eigenvalue weighted by molar-refractivity contribution is -0.138. The Labute approximate surface area is 197 Å². The molecule has 1 atom stereocenters. The van der Waals surface area contributed by atoms with Crippen molar-refractivity contribution in [3.8, 4) is 28.8 Å². The van der Waals surface area contributed by atoms with Gasteiger partial charge >= 0.3 is 6.18 Å². The topological polar surface area (TPSA) is 84.2 Å². The van der Waals surface area contributed by atoms with Crippen LogP contribution in [0.2, 0.25) is 0 Å². The summed E-state index contributed by atoms with van der Waals surface area (Å²) < 4.78 is 51.9. The van der Waals surface area contributed by atoms with Gasteiger partial charge in [-0.3, -0.25) is 4.79 Å². The Bertz CT molecular complexity index is 1260. The van der Waals surface area contributed by atoms with Gasteiger partial charge in [0.15, 0.2) is 11.5 Å². The fraction of sp³-hybridized carbons (Fsp3) is 0.208. The van der Waals surface area contributed by atoms with Crippen LogP contribution >= 0.6 is 11.8 Å². The molecule has 6 nitrogen and oxygen atoms in total. The molecule has 0 aliphatic carbocycles. The zero-order chi connectivity index (χ0) is 24.3. The number of carbonyl (C=O) groups is 1. The van der Waals surface area contributed by atoms with Gasteiger partial charge in [0.1, 0.15) is 11.1 Å². The number of hydrogen-bond acceptors (Lipinski definition) is 6. The van der Waals surface area contributed by atoms with Gasteiger partial charge in [-0.05, 0) is 36.8 Å². The summed E-state index contributed by atoms with van der Waals surface area (Å²) >= 11 is 0.780. The van der Waals surface area contributed by atoms with E-state index in [1.165, 1.54) is 6.07 Å². The molecule has 1 N–H and O–H groups in total. The van der Waals surface area contributed by atoms with Gasteiger partial charge in [0.25, 0.3) is 0 Å². The van der Waals surface area contributed by atoms with Crippen LogP contribution in [0.3, 0.4) is 0 Å². The number of nitrogens with zero attached hydrogens (tertiary/aromatic N) is 2. The van der Waals surface area contributed by atoms with Crippen molar-refractivity contribution < 1.29 is 27.4 Å². The molecule has 1 amide bonds. The van der Waals surface area contributed by atoms with Gasteiger partial charge in [0.05, 0.1) is 28.6 Å². The molecule has 1 aromatic heterocycles. The van der Waals surface area contributed by atoms with Crippen LogP contribution in [-0.4, -0.2) is 23.4 Å². The molecule has 10 heteroatoms. The maximum absolute atomic E-state index is 13.8. The second kappa shape index (κ2) is 9.65. The van der Waals surface area contributed by atoms with E-state index in [1.807, 2.05) is 30.3 Å². The number of pyridine rings is 1. The molecule has 2 heterocycles. The summed E-state index contributed by atoms with van der Waals surface area (Å²) in [5.74, 6) is 0.267. The van der Waals surface area contributed by atoms with E-state index in [0.29, 0.717) is 17.1 Å². The number of halogens is 3. The van der Waals surface area contributed by atoms with Crippen molar-refractivity contribution >= 4 is 17.7 Å². The largest absolute Gasteiger partial charge is 0.454 e. The number of ether oxygens (including phenoxy) is 2. The number of nitrogens with one attached hydrogen (secondary N) is 1. The van der Waals surface area contributed by atoms with E-state index < -0.39 is 23.2 Å². The molecular formula is C24H18F3N3O3S. The van der Waals surface area contributed by atoms with E-state index in [4.69, 9.17) is 9.47 Å². The first-order valence-corrected chi connectivity index (χ1v) is 11.1. The molecule has 0 radical (unpaired) electrons. The Morgan fingerprint density at radius 1 is 1.18 bits per heavy atom. The van der Waals surface area contributed by atoms with E-state index >= 15 is 0 Å². The predicted octanol–water partition coefficient (Wildman–Crippen LogP) is 5.34. The van der Waals surface area contributed by atoms with Crippen LogP contribution < -0.4 is 14.8 Å². The molecule has 0 bridgehead atoms. The molecule has 4 rings (SSSR count). The van der Waals surface area contributed by atoms with Crippen molar-refractivity contribution in [3.05, 3.63) is 71.3 Å². The maximum Gasteiger partial charge on any atom is 0.417 e. The van der Waals surface area contributed by atoms with E-state index in [2.05, 4.69) is 10.3 Å². The number of aromatic nitrogens is 1. The third-order valence-corrected chi connectivity index (χ3v) is 6.06. The second-order valence-corrected chi connectivity index (χ2v) is 8.37. The average Bonchev–Trinajstić information content (AvgIpc) is 3.30. The van der Waals surface area contributed by atoms with Gasteiger partial charge in [-0.25, -0.2) is 4.98 Å². The SMILES string of the molecule is C[C@@H](NC(=O)CSc1nc(-c2ccc3c(c2)OCO3)cc(C(F)(F)F)c1C#N)c1ccccc1. The highest BCUT2D eigenvalue weighted by atomic mass is 32.2. The number of benzene rings is 2. The van der Waals surface area contributed by atoms with E-state index in [-0.39, 0.29) is 29.3 Å². The maximum atomic E-state index is 13.8. The molecule has 1 aliphatic rings. The van der Waals surface area contributed by atoms with Crippen LogP contribution in [0, 0.1) is 11.3 Å². The third-order valence-electron chi connectivity index (χ3n) is 5.09. The minimum absolute atomic E-state index is 0.00480. The smallest absolute Gasteiger partial charge is 0.417 e. The van der Waals surface area contributed by atoms with Gasteiger partial charge in [-0.15, -0.1) is 0 Å². The van der Waals surface area contributed by atoms with Crippen LogP contribution in [0.1, 0.15) is 29.7 Å². The number of amides is 1. The Morgan fingerprint density at radius 2 is 1.91 bits per heavy atom. The lowest BCUT2D eigenvalue weighted by Crippen LogP contribution is -2.28. The monoisotopic (exact) mass is 485 g/mol. The molecule has 0 saturated carbocycles.